The Morgan fingerprint density at radius 2 is 1.39 bits per heavy atom. The van der Waals surface area contributed by atoms with Crippen LogP contribution in [0.4, 0.5) is 0 Å². The molecule has 0 amide bonds. The molecule has 0 fully saturated rings. The fourth-order valence-corrected chi connectivity index (χ4v) is 2.40. The molecule has 0 aliphatic heterocycles. The van der Waals surface area contributed by atoms with E-state index in [2.05, 4.69) is 69.9 Å². The van der Waals surface area contributed by atoms with Crippen molar-refractivity contribution >= 4 is 17.0 Å². The van der Waals surface area contributed by atoms with Gasteiger partial charge in [0.1, 0.15) is 0 Å². The van der Waals surface area contributed by atoms with Gasteiger partial charge in [0.25, 0.3) is 0 Å². The van der Waals surface area contributed by atoms with Crippen molar-refractivity contribution in [1.29, 1.82) is 0 Å². The molecule has 0 aliphatic rings. The molecule has 1 nitrogen and oxygen atoms in total. The molecule has 1 unspecified atom stereocenters. The van der Waals surface area contributed by atoms with Crippen molar-refractivity contribution in [3.63, 3.8) is 0 Å². The molecule has 104 valence electrons. The van der Waals surface area contributed by atoms with E-state index in [-0.39, 0.29) is 17.0 Å². The van der Waals surface area contributed by atoms with Crippen molar-refractivity contribution in [2.45, 2.75) is 59.0 Å². The van der Waals surface area contributed by atoms with E-state index >= 15 is 0 Å². The third-order valence-corrected chi connectivity index (χ3v) is 3.52. The minimum Gasteiger partial charge on any atom is -0.299 e. The van der Waals surface area contributed by atoms with Gasteiger partial charge in [-0.3, -0.25) is 4.90 Å². The van der Waals surface area contributed by atoms with Gasteiger partial charge in [-0.1, -0.05) is 37.3 Å². The van der Waals surface area contributed by atoms with Crippen molar-refractivity contribution in [2.24, 2.45) is 0 Å². The highest BCUT2D eigenvalue weighted by atomic mass is 79.9. The maximum absolute atomic E-state index is 2.57. The summed E-state index contributed by atoms with van der Waals surface area (Å²) in [6, 6.07) is 12.1. The third kappa shape index (κ3) is 5.53. The summed E-state index contributed by atoms with van der Waals surface area (Å²) in [7, 11) is 0. The van der Waals surface area contributed by atoms with Crippen molar-refractivity contribution < 1.29 is 0 Å². The predicted molar refractivity (Wildman–Crippen MR) is 86.8 cm³/mol. The van der Waals surface area contributed by atoms with Crippen LogP contribution in [0.1, 0.15) is 52.5 Å². The summed E-state index contributed by atoms with van der Waals surface area (Å²) in [5, 5.41) is 0. The largest absolute Gasteiger partial charge is 0.299 e. The zero-order valence-corrected chi connectivity index (χ0v) is 14.1. The lowest BCUT2D eigenvalue weighted by Gasteiger charge is -2.31. The van der Waals surface area contributed by atoms with Gasteiger partial charge in [-0.15, -0.1) is 17.0 Å². The normalized spacial score (nSPS) is 12.9. The van der Waals surface area contributed by atoms with Crippen LogP contribution in [-0.4, -0.2) is 23.5 Å². The lowest BCUT2D eigenvalue weighted by Crippen LogP contribution is -2.38. The number of rotatable bonds is 6. The first-order valence-corrected chi connectivity index (χ1v) is 6.83. The lowest BCUT2D eigenvalue weighted by atomic mass is 9.97. The average Bonchev–Trinajstić information content (AvgIpc) is 2.29. The first-order valence-electron chi connectivity index (χ1n) is 6.83. The zero-order valence-electron chi connectivity index (χ0n) is 12.4. The predicted octanol–water partition coefficient (Wildman–Crippen LogP) is 4.88. The highest BCUT2D eigenvalue weighted by Crippen LogP contribution is 2.20. The summed E-state index contributed by atoms with van der Waals surface area (Å²) in [6.07, 6.45) is 1.24. The van der Waals surface area contributed by atoms with Crippen LogP contribution >= 0.6 is 17.0 Å². The number of hydrogen-bond donors (Lipinski definition) is 0. The molecular weight excluding hydrogens is 286 g/mol. The molecule has 0 radical (unpaired) electrons. The van der Waals surface area contributed by atoms with Gasteiger partial charge in [0, 0.05) is 12.1 Å². The van der Waals surface area contributed by atoms with Crippen LogP contribution in [0.3, 0.4) is 0 Å². The first kappa shape index (κ1) is 17.7. The van der Waals surface area contributed by atoms with Crippen LogP contribution in [0.15, 0.2) is 30.3 Å². The van der Waals surface area contributed by atoms with E-state index in [9.17, 15) is 0 Å². The lowest BCUT2D eigenvalue weighted by molar-refractivity contribution is 0.169. The Morgan fingerprint density at radius 3 is 1.83 bits per heavy atom. The van der Waals surface area contributed by atoms with Crippen LogP contribution < -0.4 is 0 Å². The van der Waals surface area contributed by atoms with Crippen LogP contribution in [0.25, 0.3) is 0 Å². The van der Waals surface area contributed by atoms with E-state index in [4.69, 9.17) is 0 Å². The minimum atomic E-state index is 0. The van der Waals surface area contributed by atoms with Gasteiger partial charge in [-0.25, -0.2) is 0 Å². The van der Waals surface area contributed by atoms with Gasteiger partial charge >= 0.3 is 0 Å². The van der Waals surface area contributed by atoms with Crippen LogP contribution in [0.2, 0.25) is 0 Å². The summed E-state index contributed by atoms with van der Waals surface area (Å²) < 4.78 is 0. The third-order valence-electron chi connectivity index (χ3n) is 3.52. The van der Waals surface area contributed by atoms with Crippen LogP contribution in [-0.2, 0) is 0 Å². The van der Waals surface area contributed by atoms with Gasteiger partial charge in [0.2, 0.25) is 0 Å². The fourth-order valence-electron chi connectivity index (χ4n) is 2.40. The standard InChI is InChI=1S/C16H27N.BrH/c1-13(2)17(14(3)4)12-11-15(5)16-9-7-6-8-10-16;/h6-10,13-15H,11-12H2,1-5H3;1H. The van der Waals surface area contributed by atoms with E-state index in [1.54, 1.807) is 0 Å². The molecule has 0 N–H and O–H groups in total. The summed E-state index contributed by atoms with van der Waals surface area (Å²) in [5.41, 5.74) is 1.46. The van der Waals surface area contributed by atoms with Crippen molar-refractivity contribution in [3.8, 4) is 0 Å². The SMILES string of the molecule is Br.CC(CCN(C(C)C)C(C)C)c1ccccc1. The van der Waals surface area contributed by atoms with Crippen molar-refractivity contribution in [3.05, 3.63) is 35.9 Å². The molecule has 0 saturated carbocycles. The van der Waals surface area contributed by atoms with Gasteiger partial charge in [0.15, 0.2) is 0 Å². The molecule has 1 aromatic carbocycles. The molecular formula is C16H28BrN. The molecule has 2 heteroatoms. The monoisotopic (exact) mass is 313 g/mol. The maximum Gasteiger partial charge on any atom is 0.00412 e. The fraction of sp³-hybridized carbons (Fsp3) is 0.625. The minimum absolute atomic E-state index is 0. The van der Waals surface area contributed by atoms with Gasteiger partial charge in [-0.05, 0) is 52.1 Å². The summed E-state index contributed by atoms with van der Waals surface area (Å²) in [4.78, 5) is 2.57. The number of halogens is 1. The molecule has 0 bridgehead atoms. The number of hydrogen-bond acceptors (Lipinski definition) is 1. The molecule has 1 atom stereocenters. The van der Waals surface area contributed by atoms with E-state index in [1.165, 1.54) is 18.5 Å². The van der Waals surface area contributed by atoms with E-state index in [0.29, 0.717) is 18.0 Å². The second kappa shape index (κ2) is 8.71. The van der Waals surface area contributed by atoms with Crippen molar-refractivity contribution in [2.75, 3.05) is 6.54 Å². The zero-order chi connectivity index (χ0) is 12.8. The second-order valence-corrected chi connectivity index (χ2v) is 5.53. The summed E-state index contributed by atoms with van der Waals surface area (Å²) >= 11 is 0. The Kier molecular flexibility index (Phi) is 8.54. The average molecular weight is 314 g/mol. The first-order chi connectivity index (χ1) is 8.02. The molecule has 0 saturated heterocycles. The Labute approximate surface area is 123 Å². The molecule has 0 heterocycles. The number of nitrogens with zero attached hydrogens (tertiary/aromatic N) is 1. The summed E-state index contributed by atoms with van der Waals surface area (Å²) in [6.45, 7) is 12.7. The smallest absolute Gasteiger partial charge is 0.00412 e. The Bertz CT molecular complexity index is 300. The highest BCUT2D eigenvalue weighted by molar-refractivity contribution is 8.93. The second-order valence-electron chi connectivity index (χ2n) is 5.53. The topological polar surface area (TPSA) is 3.24 Å². The maximum atomic E-state index is 2.57. The van der Waals surface area contributed by atoms with Gasteiger partial charge in [0.05, 0.1) is 0 Å². The molecule has 0 aromatic heterocycles. The molecule has 0 spiro atoms. The molecule has 1 rings (SSSR count). The van der Waals surface area contributed by atoms with E-state index < -0.39 is 0 Å². The van der Waals surface area contributed by atoms with Gasteiger partial charge in [-0.2, -0.15) is 0 Å². The van der Waals surface area contributed by atoms with E-state index in [1.807, 2.05) is 0 Å². The highest BCUT2D eigenvalue weighted by Gasteiger charge is 2.14. The quantitative estimate of drug-likeness (QED) is 0.723. The van der Waals surface area contributed by atoms with E-state index in [0.717, 1.165) is 0 Å². The Morgan fingerprint density at radius 1 is 0.889 bits per heavy atom. The summed E-state index contributed by atoms with van der Waals surface area (Å²) in [5.74, 6) is 0.649. The van der Waals surface area contributed by atoms with Crippen molar-refractivity contribution in [1.82, 2.24) is 4.90 Å². The van der Waals surface area contributed by atoms with Gasteiger partial charge < -0.3 is 0 Å². The number of benzene rings is 1. The van der Waals surface area contributed by atoms with Crippen LogP contribution in [0.5, 0.6) is 0 Å². The molecule has 1 aromatic rings. The molecule has 0 aliphatic carbocycles. The van der Waals surface area contributed by atoms with Crippen LogP contribution in [0, 0.1) is 0 Å². The Hall–Kier alpha value is -0.340. The Balaban J connectivity index is 0.00000289. The molecule has 18 heavy (non-hydrogen) atoms.